The van der Waals surface area contributed by atoms with E-state index in [1.54, 1.807) is 0 Å². The first-order valence-corrected chi connectivity index (χ1v) is 12.4. The summed E-state index contributed by atoms with van der Waals surface area (Å²) in [7, 11) is -3.43. The van der Waals surface area contributed by atoms with E-state index in [0.29, 0.717) is 36.8 Å². The van der Waals surface area contributed by atoms with Gasteiger partial charge in [-0.3, -0.25) is 9.10 Å². The molecule has 0 radical (unpaired) electrons. The molecule has 7 nitrogen and oxygen atoms in total. The smallest absolute Gasteiger partial charge is 0.232 e. The fraction of sp³-hybridized carbons (Fsp3) is 0.435. The Morgan fingerprint density at radius 2 is 1.77 bits per heavy atom. The van der Waals surface area contributed by atoms with Gasteiger partial charge < -0.3 is 14.8 Å². The van der Waals surface area contributed by atoms with Crippen LogP contribution in [0.25, 0.3) is 0 Å². The maximum absolute atomic E-state index is 12.4. The van der Waals surface area contributed by atoms with Crippen LogP contribution in [0.3, 0.4) is 0 Å². The maximum atomic E-state index is 12.4. The predicted molar refractivity (Wildman–Crippen MR) is 121 cm³/mol. The third-order valence-corrected chi connectivity index (χ3v) is 6.44. The Kier molecular flexibility index (Phi) is 7.43. The minimum atomic E-state index is -3.43. The minimum Gasteiger partial charge on any atom is -0.486 e. The van der Waals surface area contributed by atoms with E-state index in [1.807, 2.05) is 56.3 Å². The van der Waals surface area contributed by atoms with Crippen LogP contribution >= 0.6 is 0 Å². The molecule has 1 N–H and O–H groups in total. The second-order valence-electron chi connectivity index (χ2n) is 7.65. The molecule has 1 atom stereocenters. The Morgan fingerprint density at radius 3 is 2.42 bits per heavy atom. The first-order chi connectivity index (χ1) is 14.8. The molecule has 0 saturated heterocycles. The largest absolute Gasteiger partial charge is 0.486 e. The van der Waals surface area contributed by atoms with Gasteiger partial charge in [-0.25, -0.2) is 8.42 Å². The topological polar surface area (TPSA) is 84.9 Å². The van der Waals surface area contributed by atoms with Crippen LogP contribution in [-0.2, 0) is 21.2 Å². The molecular weight excluding hydrogens is 416 g/mol. The summed E-state index contributed by atoms with van der Waals surface area (Å²) in [6, 6.07) is 12.9. The van der Waals surface area contributed by atoms with Gasteiger partial charge >= 0.3 is 0 Å². The lowest BCUT2D eigenvalue weighted by Gasteiger charge is -2.23. The van der Waals surface area contributed by atoms with Crippen molar-refractivity contribution in [2.24, 2.45) is 0 Å². The minimum absolute atomic E-state index is 0.128. The number of benzene rings is 2. The molecule has 1 aliphatic rings. The third kappa shape index (κ3) is 6.13. The average Bonchev–Trinajstić information content (AvgIpc) is 2.75. The highest BCUT2D eigenvalue weighted by molar-refractivity contribution is 7.92. The fourth-order valence-corrected chi connectivity index (χ4v) is 4.46. The zero-order valence-electron chi connectivity index (χ0n) is 18.3. The van der Waals surface area contributed by atoms with E-state index in [1.165, 1.54) is 10.6 Å². The van der Waals surface area contributed by atoms with Gasteiger partial charge in [0.25, 0.3) is 0 Å². The number of hydrogen-bond acceptors (Lipinski definition) is 5. The standard InChI is InChI=1S/C23H30N2O5S/c1-4-18-7-10-20(11-8-18)25(31(3,27)28)13-5-6-23(26)24-17(2)19-9-12-21-22(16-19)30-15-14-29-21/h7-12,16-17H,4-6,13-15H2,1-3H3,(H,24,26). The summed E-state index contributed by atoms with van der Waals surface area (Å²) >= 11 is 0. The number of nitrogens with one attached hydrogen (secondary N) is 1. The van der Waals surface area contributed by atoms with E-state index in [9.17, 15) is 13.2 Å². The van der Waals surface area contributed by atoms with Crippen molar-refractivity contribution in [3.05, 3.63) is 53.6 Å². The first kappa shape index (κ1) is 22.9. The van der Waals surface area contributed by atoms with Crippen molar-refractivity contribution in [2.75, 3.05) is 30.3 Å². The second kappa shape index (κ2) is 10.0. The number of amides is 1. The van der Waals surface area contributed by atoms with Crippen molar-refractivity contribution in [3.8, 4) is 11.5 Å². The number of rotatable bonds is 9. The summed E-state index contributed by atoms with van der Waals surface area (Å²) in [4.78, 5) is 12.4. The van der Waals surface area contributed by atoms with Gasteiger partial charge in [0, 0.05) is 13.0 Å². The number of carbonyl (C=O) groups excluding carboxylic acids is 1. The van der Waals surface area contributed by atoms with Gasteiger partial charge in [0.15, 0.2) is 11.5 Å². The van der Waals surface area contributed by atoms with Gasteiger partial charge in [-0.15, -0.1) is 0 Å². The molecule has 1 amide bonds. The van der Waals surface area contributed by atoms with Crippen LogP contribution in [0.5, 0.6) is 11.5 Å². The Balaban J connectivity index is 1.55. The molecule has 0 bridgehead atoms. The van der Waals surface area contributed by atoms with E-state index < -0.39 is 10.0 Å². The highest BCUT2D eigenvalue weighted by Crippen LogP contribution is 2.32. The average molecular weight is 447 g/mol. The highest BCUT2D eigenvalue weighted by atomic mass is 32.2. The summed E-state index contributed by atoms with van der Waals surface area (Å²) in [5, 5.41) is 2.97. The van der Waals surface area contributed by atoms with Gasteiger partial charge in [-0.05, 0) is 55.2 Å². The number of anilines is 1. The molecule has 2 aromatic rings. The van der Waals surface area contributed by atoms with E-state index in [-0.39, 0.29) is 24.9 Å². The zero-order chi connectivity index (χ0) is 22.4. The van der Waals surface area contributed by atoms with E-state index in [4.69, 9.17) is 9.47 Å². The molecule has 1 heterocycles. The quantitative estimate of drug-likeness (QED) is 0.638. The molecule has 0 saturated carbocycles. The summed E-state index contributed by atoms with van der Waals surface area (Å²) in [6.07, 6.45) is 2.72. The third-order valence-electron chi connectivity index (χ3n) is 5.24. The maximum Gasteiger partial charge on any atom is 0.232 e. The molecule has 2 aromatic carbocycles. The molecule has 3 rings (SSSR count). The Bertz CT molecular complexity index is 1010. The molecule has 0 aromatic heterocycles. The molecule has 168 valence electrons. The van der Waals surface area contributed by atoms with Crippen LogP contribution in [0, 0.1) is 0 Å². The van der Waals surface area contributed by atoms with Crippen molar-refractivity contribution >= 4 is 21.6 Å². The highest BCUT2D eigenvalue weighted by Gasteiger charge is 2.19. The normalized spacial score (nSPS) is 14.0. The first-order valence-electron chi connectivity index (χ1n) is 10.5. The number of aryl methyl sites for hydroxylation is 1. The SMILES string of the molecule is CCc1ccc(N(CCCC(=O)NC(C)c2ccc3c(c2)OCCO3)S(C)(=O)=O)cc1. The van der Waals surface area contributed by atoms with E-state index in [2.05, 4.69) is 5.32 Å². The number of fused-ring (bicyclic) bond motifs is 1. The number of carbonyl (C=O) groups is 1. The molecule has 1 aliphatic heterocycles. The van der Waals surface area contributed by atoms with E-state index >= 15 is 0 Å². The van der Waals surface area contributed by atoms with Crippen LogP contribution in [0.1, 0.15) is 43.9 Å². The van der Waals surface area contributed by atoms with Crippen LogP contribution in [0.4, 0.5) is 5.69 Å². The number of nitrogens with zero attached hydrogens (tertiary/aromatic N) is 1. The fourth-order valence-electron chi connectivity index (χ4n) is 3.49. The monoisotopic (exact) mass is 446 g/mol. The van der Waals surface area contributed by atoms with Crippen molar-refractivity contribution < 1.29 is 22.7 Å². The molecule has 1 unspecified atom stereocenters. The number of sulfonamides is 1. The molecule has 31 heavy (non-hydrogen) atoms. The molecule has 8 heteroatoms. The second-order valence-corrected chi connectivity index (χ2v) is 9.56. The van der Waals surface area contributed by atoms with Crippen molar-refractivity contribution in [1.82, 2.24) is 5.32 Å². The Hall–Kier alpha value is -2.74. The molecular formula is C23H30N2O5S. The van der Waals surface area contributed by atoms with Gasteiger partial charge in [-0.2, -0.15) is 0 Å². The Labute approximate surface area is 184 Å². The van der Waals surface area contributed by atoms with Crippen LogP contribution in [-0.4, -0.2) is 40.3 Å². The number of hydrogen-bond donors (Lipinski definition) is 1. The van der Waals surface area contributed by atoms with Gasteiger partial charge in [0.05, 0.1) is 18.0 Å². The lowest BCUT2D eigenvalue weighted by atomic mass is 10.1. The van der Waals surface area contributed by atoms with Crippen molar-refractivity contribution in [1.29, 1.82) is 0 Å². The predicted octanol–water partition coefficient (Wildman–Crippen LogP) is 3.44. The zero-order valence-corrected chi connectivity index (χ0v) is 19.1. The molecule has 0 aliphatic carbocycles. The Morgan fingerprint density at radius 1 is 1.10 bits per heavy atom. The molecule has 0 spiro atoms. The van der Waals surface area contributed by atoms with Gasteiger partial charge in [0.1, 0.15) is 13.2 Å². The van der Waals surface area contributed by atoms with Crippen LogP contribution < -0.4 is 19.1 Å². The summed E-state index contributed by atoms with van der Waals surface area (Å²) in [5.74, 6) is 1.27. The van der Waals surface area contributed by atoms with Crippen molar-refractivity contribution in [2.45, 2.75) is 39.2 Å². The van der Waals surface area contributed by atoms with Gasteiger partial charge in [-0.1, -0.05) is 25.1 Å². The van der Waals surface area contributed by atoms with Crippen LogP contribution in [0.2, 0.25) is 0 Å². The lowest BCUT2D eigenvalue weighted by molar-refractivity contribution is -0.121. The van der Waals surface area contributed by atoms with Crippen molar-refractivity contribution in [3.63, 3.8) is 0 Å². The van der Waals surface area contributed by atoms with E-state index in [0.717, 1.165) is 17.5 Å². The lowest BCUT2D eigenvalue weighted by Crippen LogP contribution is -2.32. The number of ether oxygens (including phenoxy) is 2. The molecule has 0 fully saturated rings. The summed E-state index contributed by atoms with van der Waals surface area (Å²) in [5.41, 5.74) is 2.68. The summed E-state index contributed by atoms with van der Waals surface area (Å²) < 4.78 is 37.0. The van der Waals surface area contributed by atoms with Crippen LogP contribution in [0.15, 0.2) is 42.5 Å². The van der Waals surface area contributed by atoms with Gasteiger partial charge in [0.2, 0.25) is 15.9 Å². The summed E-state index contributed by atoms with van der Waals surface area (Å²) in [6.45, 7) is 5.24.